The average Bonchev–Trinajstić information content (AvgIpc) is 2.84. The summed E-state index contributed by atoms with van der Waals surface area (Å²) in [6.45, 7) is 2.44. The molecule has 2 aliphatic heterocycles. The van der Waals surface area contributed by atoms with Crippen LogP contribution in [0.5, 0.6) is 0 Å². The van der Waals surface area contributed by atoms with Crippen LogP contribution < -0.4 is 10.2 Å². The summed E-state index contributed by atoms with van der Waals surface area (Å²) < 4.78 is 12.9. The third kappa shape index (κ3) is 1.81. The van der Waals surface area contributed by atoms with E-state index in [1.807, 2.05) is 4.90 Å². The fourth-order valence-corrected chi connectivity index (χ4v) is 3.08. The van der Waals surface area contributed by atoms with E-state index in [1.54, 1.807) is 12.1 Å². The van der Waals surface area contributed by atoms with Gasteiger partial charge in [-0.25, -0.2) is 4.39 Å². The monoisotopic (exact) mass is 248 g/mol. The minimum atomic E-state index is -0.263. The van der Waals surface area contributed by atoms with Crippen LogP contribution in [0.4, 0.5) is 10.1 Å². The topological polar surface area (TPSA) is 32.3 Å². The van der Waals surface area contributed by atoms with Crippen LogP contribution in [0.1, 0.15) is 19.3 Å². The predicted molar refractivity (Wildman–Crippen MR) is 67.9 cm³/mol. The number of carbonyl (C=O) groups excluding carboxylic acids is 1. The minimum Gasteiger partial charge on any atom is -0.316 e. The molecule has 1 atom stereocenters. The molecule has 2 fully saturated rings. The number of hydrogen-bond acceptors (Lipinski definition) is 2. The summed E-state index contributed by atoms with van der Waals surface area (Å²) in [5, 5.41) is 3.29. The Labute approximate surface area is 106 Å². The molecule has 3 nitrogen and oxygen atoms in total. The molecule has 1 unspecified atom stereocenters. The second kappa shape index (κ2) is 4.35. The smallest absolute Gasteiger partial charge is 0.234 e. The van der Waals surface area contributed by atoms with Crippen molar-refractivity contribution in [2.75, 3.05) is 24.5 Å². The largest absolute Gasteiger partial charge is 0.316 e. The molecule has 2 heterocycles. The number of nitrogens with one attached hydrogen (secondary N) is 1. The summed E-state index contributed by atoms with van der Waals surface area (Å²) in [7, 11) is 0. The lowest BCUT2D eigenvalue weighted by atomic mass is 9.78. The van der Waals surface area contributed by atoms with Crippen molar-refractivity contribution in [2.24, 2.45) is 5.41 Å². The molecule has 1 spiro atoms. The van der Waals surface area contributed by atoms with E-state index in [0.29, 0.717) is 0 Å². The molecule has 0 bridgehead atoms. The number of rotatable bonds is 1. The summed E-state index contributed by atoms with van der Waals surface area (Å²) >= 11 is 0. The Bertz CT molecular complexity index is 451. The Morgan fingerprint density at radius 2 is 2.00 bits per heavy atom. The van der Waals surface area contributed by atoms with Crippen molar-refractivity contribution in [1.29, 1.82) is 0 Å². The van der Waals surface area contributed by atoms with Gasteiger partial charge in [0, 0.05) is 18.8 Å². The lowest BCUT2D eigenvalue weighted by Gasteiger charge is -2.38. The Hall–Kier alpha value is -1.42. The van der Waals surface area contributed by atoms with Crippen molar-refractivity contribution < 1.29 is 9.18 Å². The molecule has 18 heavy (non-hydrogen) atoms. The van der Waals surface area contributed by atoms with Crippen molar-refractivity contribution in [2.45, 2.75) is 19.3 Å². The van der Waals surface area contributed by atoms with Gasteiger partial charge in [-0.05, 0) is 50.1 Å². The van der Waals surface area contributed by atoms with E-state index in [2.05, 4.69) is 5.32 Å². The second-order valence-corrected chi connectivity index (χ2v) is 5.24. The number of carbonyl (C=O) groups is 1. The molecule has 3 rings (SSSR count). The Morgan fingerprint density at radius 1 is 1.22 bits per heavy atom. The van der Waals surface area contributed by atoms with Crippen LogP contribution >= 0.6 is 0 Å². The van der Waals surface area contributed by atoms with Crippen LogP contribution in [-0.4, -0.2) is 25.5 Å². The molecule has 4 heteroatoms. The molecule has 0 saturated carbocycles. The van der Waals surface area contributed by atoms with Gasteiger partial charge in [-0.15, -0.1) is 0 Å². The fraction of sp³-hybridized carbons (Fsp3) is 0.500. The van der Waals surface area contributed by atoms with Crippen molar-refractivity contribution in [3.05, 3.63) is 30.1 Å². The van der Waals surface area contributed by atoms with E-state index >= 15 is 0 Å². The number of anilines is 1. The molecule has 96 valence electrons. The Kier molecular flexibility index (Phi) is 2.82. The van der Waals surface area contributed by atoms with Crippen LogP contribution in [0.25, 0.3) is 0 Å². The fourth-order valence-electron chi connectivity index (χ4n) is 3.08. The van der Waals surface area contributed by atoms with Gasteiger partial charge in [-0.2, -0.15) is 0 Å². The van der Waals surface area contributed by atoms with Crippen molar-refractivity contribution in [1.82, 2.24) is 5.32 Å². The first-order valence-electron chi connectivity index (χ1n) is 6.50. The lowest BCUT2D eigenvalue weighted by molar-refractivity contribution is -0.129. The number of amides is 1. The maximum Gasteiger partial charge on any atom is 0.234 e. The van der Waals surface area contributed by atoms with Gasteiger partial charge in [-0.3, -0.25) is 4.79 Å². The first-order valence-corrected chi connectivity index (χ1v) is 6.50. The second-order valence-electron chi connectivity index (χ2n) is 5.24. The van der Waals surface area contributed by atoms with Crippen LogP contribution in [-0.2, 0) is 4.79 Å². The third-order valence-electron chi connectivity index (χ3n) is 4.12. The van der Waals surface area contributed by atoms with E-state index in [1.165, 1.54) is 12.1 Å². The molecule has 1 N–H and O–H groups in total. The maximum atomic E-state index is 12.9. The van der Waals surface area contributed by atoms with Crippen LogP contribution in [0.2, 0.25) is 0 Å². The van der Waals surface area contributed by atoms with Gasteiger partial charge in [0.1, 0.15) is 5.82 Å². The summed E-state index contributed by atoms with van der Waals surface area (Å²) in [6.07, 6.45) is 2.91. The van der Waals surface area contributed by atoms with Gasteiger partial charge in [0.05, 0.1) is 5.41 Å². The zero-order valence-electron chi connectivity index (χ0n) is 10.3. The standard InChI is InChI=1S/C14H17FN2O/c15-11-2-4-12(5-3-11)17-9-1-6-14(13(17)18)7-8-16-10-14/h2-5,16H,1,6-10H2. The number of halogens is 1. The molecule has 0 aromatic heterocycles. The first kappa shape index (κ1) is 11.7. The molecule has 0 aliphatic carbocycles. The first-order chi connectivity index (χ1) is 8.71. The summed E-state index contributed by atoms with van der Waals surface area (Å²) in [6, 6.07) is 6.21. The highest BCUT2D eigenvalue weighted by atomic mass is 19.1. The lowest BCUT2D eigenvalue weighted by Crippen LogP contribution is -2.50. The van der Waals surface area contributed by atoms with Crippen LogP contribution in [0, 0.1) is 11.2 Å². The number of nitrogens with zero attached hydrogens (tertiary/aromatic N) is 1. The van der Waals surface area contributed by atoms with Gasteiger partial charge >= 0.3 is 0 Å². The quantitative estimate of drug-likeness (QED) is 0.823. The SMILES string of the molecule is O=C1N(c2ccc(F)cc2)CCCC12CCNC2. The minimum absolute atomic E-state index is 0.199. The highest BCUT2D eigenvalue weighted by Crippen LogP contribution is 2.38. The zero-order valence-corrected chi connectivity index (χ0v) is 10.3. The Morgan fingerprint density at radius 3 is 2.67 bits per heavy atom. The molecule has 2 aliphatic rings. The van der Waals surface area contributed by atoms with Crippen LogP contribution in [0.3, 0.4) is 0 Å². The third-order valence-corrected chi connectivity index (χ3v) is 4.12. The number of hydrogen-bond donors (Lipinski definition) is 1. The molecule has 1 amide bonds. The van der Waals surface area contributed by atoms with Gasteiger partial charge < -0.3 is 10.2 Å². The average molecular weight is 248 g/mol. The highest BCUT2D eigenvalue weighted by Gasteiger charge is 2.45. The van der Waals surface area contributed by atoms with Crippen molar-refractivity contribution in [3.63, 3.8) is 0 Å². The highest BCUT2D eigenvalue weighted by molar-refractivity contribution is 5.98. The number of piperidine rings is 1. The molecule has 0 radical (unpaired) electrons. The van der Waals surface area contributed by atoms with E-state index in [9.17, 15) is 9.18 Å². The predicted octanol–water partition coefficient (Wildman–Crippen LogP) is 1.93. The van der Waals surface area contributed by atoms with Gasteiger partial charge in [0.25, 0.3) is 0 Å². The van der Waals surface area contributed by atoms with Crippen LogP contribution in [0.15, 0.2) is 24.3 Å². The molecule has 2 saturated heterocycles. The normalized spacial score (nSPS) is 28.1. The molecular weight excluding hydrogens is 231 g/mol. The van der Waals surface area contributed by atoms with E-state index < -0.39 is 0 Å². The van der Waals surface area contributed by atoms with E-state index in [4.69, 9.17) is 0 Å². The Balaban J connectivity index is 1.88. The molecule has 1 aromatic carbocycles. The zero-order chi connectivity index (χ0) is 12.6. The molecular formula is C14H17FN2O. The summed E-state index contributed by atoms with van der Waals surface area (Å²) in [5.41, 5.74) is 0.597. The molecule has 1 aromatic rings. The van der Waals surface area contributed by atoms with E-state index in [-0.39, 0.29) is 17.1 Å². The summed E-state index contributed by atoms with van der Waals surface area (Å²) in [5.74, 6) is -0.0641. The van der Waals surface area contributed by atoms with Gasteiger partial charge in [0.2, 0.25) is 5.91 Å². The maximum absolute atomic E-state index is 12.9. The van der Waals surface area contributed by atoms with Crippen molar-refractivity contribution in [3.8, 4) is 0 Å². The van der Waals surface area contributed by atoms with Gasteiger partial charge in [0.15, 0.2) is 0 Å². The number of benzene rings is 1. The van der Waals surface area contributed by atoms with E-state index in [0.717, 1.165) is 44.6 Å². The van der Waals surface area contributed by atoms with Gasteiger partial charge in [-0.1, -0.05) is 0 Å². The summed E-state index contributed by atoms with van der Waals surface area (Å²) in [4.78, 5) is 14.4. The van der Waals surface area contributed by atoms with Crippen molar-refractivity contribution >= 4 is 11.6 Å².